The number of hydrogen-bond acceptors (Lipinski definition) is 2. The fourth-order valence-corrected chi connectivity index (χ4v) is 2.57. The van der Waals surface area contributed by atoms with E-state index in [0.29, 0.717) is 12.1 Å². The molecule has 0 aliphatic carbocycles. The van der Waals surface area contributed by atoms with E-state index in [1.165, 1.54) is 0 Å². The van der Waals surface area contributed by atoms with Crippen molar-refractivity contribution in [3.05, 3.63) is 82.7 Å². The van der Waals surface area contributed by atoms with Crippen LogP contribution in [-0.2, 0) is 6.54 Å². The number of rotatable bonds is 4. The highest BCUT2D eigenvalue weighted by molar-refractivity contribution is 6.09. The topological polar surface area (TPSA) is 20.3 Å². The van der Waals surface area contributed by atoms with Crippen LogP contribution in [0.3, 0.4) is 0 Å². The molecule has 118 valence electrons. The van der Waals surface area contributed by atoms with Crippen LogP contribution in [-0.4, -0.2) is 23.8 Å². The normalized spacial score (nSPS) is 14.4. The first-order valence-electron chi connectivity index (χ1n) is 7.20. The third-order valence-corrected chi connectivity index (χ3v) is 3.74. The summed E-state index contributed by atoms with van der Waals surface area (Å²) in [5, 5.41) is 0. The fourth-order valence-electron chi connectivity index (χ4n) is 2.57. The Kier molecular flexibility index (Phi) is 4.30. The van der Waals surface area contributed by atoms with Gasteiger partial charge < -0.3 is 0 Å². The van der Waals surface area contributed by atoms with Gasteiger partial charge in [-0.05, 0) is 23.8 Å². The summed E-state index contributed by atoms with van der Waals surface area (Å²) in [7, 11) is 0. The van der Waals surface area contributed by atoms with Crippen molar-refractivity contribution >= 4 is 5.78 Å². The highest BCUT2D eigenvalue weighted by Crippen LogP contribution is 2.18. The SMILES string of the molecule is O=C(c1cccc(CN2CC=CC2)c1)c1cc(F)c(F)c(F)c1. The Morgan fingerprint density at radius 1 is 0.957 bits per heavy atom. The van der Waals surface area contributed by atoms with E-state index >= 15 is 0 Å². The van der Waals surface area contributed by atoms with Crippen LogP contribution in [0.5, 0.6) is 0 Å². The lowest BCUT2D eigenvalue weighted by Crippen LogP contribution is -2.19. The Balaban J connectivity index is 1.84. The number of hydrogen-bond donors (Lipinski definition) is 0. The first-order valence-corrected chi connectivity index (χ1v) is 7.20. The molecule has 0 N–H and O–H groups in total. The van der Waals surface area contributed by atoms with Crippen molar-refractivity contribution in [3.8, 4) is 0 Å². The van der Waals surface area contributed by atoms with Crippen LogP contribution < -0.4 is 0 Å². The van der Waals surface area contributed by atoms with Crippen molar-refractivity contribution in [2.75, 3.05) is 13.1 Å². The highest BCUT2D eigenvalue weighted by Gasteiger charge is 2.17. The molecular formula is C18H14F3NO. The average Bonchev–Trinajstić information content (AvgIpc) is 3.04. The van der Waals surface area contributed by atoms with Crippen molar-refractivity contribution in [2.45, 2.75) is 6.54 Å². The van der Waals surface area contributed by atoms with Crippen LogP contribution in [0.4, 0.5) is 13.2 Å². The quantitative estimate of drug-likeness (QED) is 0.487. The van der Waals surface area contributed by atoms with Crippen molar-refractivity contribution < 1.29 is 18.0 Å². The molecule has 0 amide bonds. The maximum atomic E-state index is 13.3. The van der Waals surface area contributed by atoms with Crippen LogP contribution >= 0.6 is 0 Å². The van der Waals surface area contributed by atoms with Crippen molar-refractivity contribution in [1.29, 1.82) is 0 Å². The van der Waals surface area contributed by atoms with Crippen LogP contribution in [0, 0.1) is 17.5 Å². The summed E-state index contributed by atoms with van der Waals surface area (Å²) in [5.41, 5.74) is 1.05. The number of nitrogens with zero attached hydrogens (tertiary/aromatic N) is 1. The van der Waals surface area contributed by atoms with Gasteiger partial charge in [0, 0.05) is 30.8 Å². The minimum Gasteiger partial charge on any atom is -0.292 e. The minimum atomic E-state index is -1.57. The second kappa shape index (κ2) is 6.38. The third-order valence-electron chi connectivity index (χ3n) is 3.74. The van der Waals surface area contributed by atoms with Gasteiger partial charge >= 0.3 is 0 Å². The Morgan fingerprint density at radius 3 is 2.26 bits per heavy atom. The monoisotopic (exact) mass is 317 g/mol. The molecule has 2 aromatic rings. The predicted octanol–water partition coefficient (Wildman–Crippen LogP) is 3.71. The van der Waals surface area contributed by atoms with Crippen LogP contribution in [0.15, 0.2) is 48.6 Å². The number of benzene rings is 2. The summed E-state index contributed by atoms with van der Waals surface area (Å²) in [6, 6.07) is 8.33. The molecule has 0 saturated heterocycles. The summed E-state index contributed by atoms with van der Waals surface area (Å²) in [6.45, 7) is 2.39. The Morgan fingerprint density at radius 2 is 1.61 bits per heavy atom. The largest absolute Gasteiger partial charge is 0.292 e. The second-order valence-corrected chi connectivity index (χ2v) is 5.45. The average molecular weight is 317 g/mol. The molecule has 5 heteroatoms. The van der Waals surface area contributed by atoms with Gasteiger partial charge in [-0.1, -0.05) is 30.4 Å². The maximum absolute atomic E-state index is 13.3. The van der Waals surface area contributed by atoms with E-state index in [4.69, 9.17) is 0 Å². The molecular weight excluding hydrogens is 303 g/mol. The summed E-state index contributed by atoms with van der Waals surface area (Å²) in [5.74, 6) is -4.85. The standard InChI is InChI=1S/C18H14F3NO/c19-15-9-14(10-16(20)17(15)21)18(23)13-5-3-4-12(8-13)11-22-6-1-2-7-22/h1-5,8-10H,6-7,11H2. The fraction of sp³-hybridized carbons (Fsp3) is 0.167. The number of carbonyl (C=O) groups excluding carboxylic acids is 1. The van der Waals surface area contributed by atoms with E-state index in [-0.39, 0.29) is 5.56 Å². The Labute approximate surface area is 131 Å². The van der Waals surface area contributed by atoms with E-state index in [1.807, 2.05) is 6.07 Å². The highest BCUT2D eigenvalue weighted by atomic mass is 19.2. The molecule has 0 saturated carbocycles. The van der Waals surface area contributed by atoms with Crippen LogP contribution in [0.25, 0.3) is 0 Å². The van der Waals surface area contributed by atoms with E-state index in [2.05, 4.69) is 17.1 Å². The molecule has 2 nitrogen and oxygen atoms in total. The number of carbonyl (C=O) groups is 1. The molecule has 0 radical (unpaired) electrons. The number of ketones is 1. The summed E-state index contributed by atoms with van der Waals surface area (Å²) in [4.78, 5) is 14.6. The van der Waals surface area contributed by atoms with E-state index in [0.717, 1.165) is 30.8 Å². The molecule has 0 spiro atoms. The molecule has 0 aromatic heterocycles. The van der Waals surface area contributed by atoms with Crippen molar-refractivity contribution in [1.82, 2.24) is 4.90 Å². The van der Waals surface area contributed by atoms with Gasteiger partial charge in [0.15, 0.2) is 23.2 Å². The molecule has 0 unspecified atom stereocenters. The molecule has 2 aromatic carbocycles. The molecule has 3 rings (SSSR count). The zero-order valence-corrected chi connectivity index (χ0v) is 12.2. The van der Waals surface area contributed by atoms with Gasteiger partial charge in [-0.15, -0.1) is 0 Å². The number of halogens is 3. The lowest BCUT2D eigenvalue weighted by atomic mass is 10.0. The van der Waals surface area contributed by atoms with Gasteiger partial charge in [-0.3, -0.25) is 9.69 Å². The molecule has 1 aliphatic heterocycles. The van der Waals surface area contributed by atoms with E-state index < -0.39 is 23.2 Å². The van der Waals surface area contributed by atoms with Gasteiger partial charge in [0.05, 0.1) is 0 Å². The zero-order valence-electron chi connectivity index (χ0n) is 12.2. The van der Waals surface area contributed by atoms with Crippen LogP contribution in [0.2, 0.25) is 0 Å². The first-order chi connectivity index (χ1) is 11.0. The summed E-state index contributed by atoms with van der Waals surface area (Å²) < 4.78 is 39.6. The zero-order chi connectivity index (χ0) is 16.4. The predicted molar refractivity (Wildman–Crippen MR) is 80.6 cm³/mol. The molecule has 0 bridgehead atoms. The summed E-state index contributed by atoms with van der Waals surface area (Å²) in [6.07, 6.45) is 4.14. The minimum absolute atomic E-state index is 0.207. The molecule has 1 heterocycles. The van der Waals surface area contributed by atoms with Gasteiger partial charge in [-0.25, -0.2) is 13.2 Å². The molecule has 23 heavy (non-hydrogen) atoms. The summed E-state index contributed by atoms with van der Waals surface area (Å²) >= 11 is 0. The maximum Gasteiger partial charge on any atom is 0.194 e. The van der Waals surface area contributed by atoms with Gasteiger partial charge in [0.1, 0.15) is 0 Å². The van der Waals surface area contributed by atoms with Crippen molar-refractivity contribution in [3.63, 3.8) is 0 Å². The second-order valence-electron chi connectivity index (χ2n) is 5.45. The lowest BCUT2D eigenvalue weighted by molar-refractivity contribution is 0.103. The van der Waals surface area contributed by atoms with E-state index in [1.54, 1.807) is 18.2 Å². The smallest absolute Gasteiger partial charge is 0.194 e. The lowest BCUT2D eigenvalue weighted by Gasteiger charge is -2.15. The first kappa shape index (κ1) is 15.5. The Bertz CT molecular complexity index is 755. The van der Waals surface area contributed by atoms with E-state index in [9.17, 15) is 18.0 Å². The molecule has 1 aliphatic rings. The molecule has 0 atom stereocenters. The van der Waals surface area contributed by atoms with Crippen molar-refractivity contribution in [2.24, 2.45) is 0 Å². The third kappa shape index (κ3) is 3.35. The van der Waals surface area contributed by atoms with Gasteiger partial charge in [-0.2, -0.15) is 0 Å². The van der Waals surface area contributed by atoms with Gasteiger partial charge in [0.25, 0.3) is 0 Å². The van der Waals surface area contributed by atoms with Crippen LogP contribution in [0.1, 0.15) is 21.5 Å². The molecule has 0 fully saturated rings. The Hall–Kier alpha value is -2.40. The van der Waals surface area contributed by atoms with Gasteiger partial charge in [0.2, 0.25) is 0 Å².